The molecule has 2 aliphatic rings. The minimum absolute atomic E-state index is 0.0943. The first kappa shape index (κ1) is 21.2. The van der Waals surface area contributed by atoms with Crippen molar-refractivity contribution in [2.45, 2.75) is 44.6 Å². The fraction of sp³-hybridized carbons (Fsp3) is 0.542. The van der Waals surface area contributed by atoms with Crippen LogP contribution >= 0.6 is 0 Å². The lowest BCUT2D eigenvalue weighted by atomic mass is 10.0. The summed E-state index contributed by atoms with van der Waals surface area (Å²) in [5.41, 5.74) is 2.07. The summed E-state index contributed by atoms with van der Waals surface area (Å²) in [4.78, 5) is 22.8. The van der Waals surface area contributed by atoms with Crippen molar-refractivity contribution in [3.8, 4) is 0 Å². The lowest BCUT2D eigenvalue weighted by Crippen LogP contribution is -2.32. The number of benzene rings is 1. The molecule has 0 aliphatic carbocycles. The molecule has 1 unspecified atom stereocenters. The third-order valence-electron chi connectivity index (χ3n) is 6.52. The van der Waals surface area contributed by atoms with Gasteiger partial charge in [-0.1, -0.05) is 23.4 Å². The average Bonchev–Trinajstić information content (AvgIpc) is 3.57. The highest BCUT2D eigenvalue weighted by Crippen LogP contribution is 2.32. The highest BCUT2D eigenvalue weighted by Gasteiger charge is 2.34. The monoisotopic (exact) mass is 438 g/mol. The number of hydrogen-bond donors (Lipinski definition) is 1. The van der Waals surface area contributed by atoms with Crippen LogP contribution in [-0.4, -0.2) is 58.9 Å². The van der Waals surface area contributed by atoms with E-state index < -0.39 is 0 Å². The minimum atomic E-state index is -0.142. The normalized spacial score (nSPS) is 19.8. The van der Waals surface area contributed by atoms with Crippen LogP contribution in [0.5, 0.6) is 0 Å². The van der Waals surface area contributed by atoms with Crippen LogP contribution in [0.3, 0.4) is 0 Å². The maximum atomic E-state index is 13.1. The smallest absolute Gasteiger partial charge is 0.249 e. The molecule has 32 heavy (non-hydrogen) atoms. The Kier molecular flexibility index (Phi) is 6.50. The third kappa shape index (κ3) is 4.71. The van der Waals surface area contributed by atoms with E-state index in [0.717, 1.165) is 68.5 Å². The number of para-hydroxylation sites is 1. The van der Waals surface area contributed by atoms with E-state index in [-0.39, 0.29) is 11.9 Å². The van der Waals surface area contributed by atoms with Crippen molar-refractivity contribution in [2.24, 2.45) is 5.92 Å². The predicted octanol–water partition coefficient (Wildman–Crippen LogP) is 3.44. The first-order chi connectivity index (χ1) is 15.8. The van der Waals surface area contributed by atoms with Gasteiger partial charge in [0.15, 0.2) is 5.82 Å². The van der Waals surface area contributed by atoms with E-state index in [1.165, 1.54) is 0 Å². The number of H-pyrrole nitrogens is 1. The Bertz CT molecular complexity index is 1040. The Morgan fingerprint density at radius 1 is 1.22 bits per heavy atom. The van der Waals surface area contributed by atoms with Gasteiger partial charge in [0.05, 0.1) is 13.0 Å². The van der Waals surface area contributed by atoms with E-state index in [2.05, 4.69) is 15.1 Å². The fourth-order valence-corrected chi connectivity index (χ4v) is 4.70. The Balaban J connectivity index is 1.15. The number of carbonyl (C=O) groups is 1. The Hall–Kier alpha value is -2.71. The number of fused-ring (bicyclic) bond motifs is 1. The molecular weight excluding hydrogens is 408 g/mol. The van der Waals surface area contributed by atoms with Gasteiger partial charge in [0.25, 0.3) is 0 Å². The van der Waals surface area contributed by atoms with E-state index in [1.54, 1.807) is 0 Å². The van der Waals surface area contributed by atoms with E-state index in [0.29, 0.717) is 37.1 Å². The third-order valence-corrected chi connectivity index (χ3v) is 6.52. The number of hydrogen-bond acceptors (Lipinski definition) is 6. The number of ether oxygens (including phenoxy) is 2. The van der Waals surface area contributed by atoms with Crippen molar-refractivity contribution in [3.63, 3.8) is 0 Å². The van der Waals surface area contributed by atoms with E-state index in [9.17, 15) is 4.79 Å². The lowest BCUT2D eigenvalue weighted by molar-refractivity contribution is -0.131. The second kappa shape index (κ2) is 9.83. The minimum Gasteiger partial charge on any atom is -0.381 e. The summed E-state index contributed by atoms with van der Waals surface area (Å²) >= 11 is 0. The van der Waals surface area contributed by atoms with Gasteiger partial charge >= 0.3 is 0 Å². The summed E-state index contributed by atoms with van der Waals surface area (Å²) < 4.78 is 16.8. The van der Waals surface area contributed by atoms with Gasteiger partial charge < -0.3 is 23.9 Å². The highest BCUT2D eigenvalue weighted by molar-refractivity contribution is 5.89. The standard InChI is InChI=1S/C24H30N4O4/c29-23(14-18-15-25-20-5-2-1-4-19(18)20)28-10-3-6-21(28)24-26-22(27-32-24)9-13-31-16-17-7-11-30-12-8-17/h1-2,4-5,15,17,21,25H,3,6-14,16H2. The van der Waals surface area contributed by atoms with E-state index >= 15 is 0 Å². The van der Waals surface area contributed by atoms with Crippen LogP contribution < -0.4 is 0 Å². The quantitative estimate of drug-likeness (QED) is 0.542. The van der Waals surface area contributed by atoms with Crippen molar-refractivity contribution in [1.82, 2.24) is 20.0 Å². The molecule has 3 aromatic rings. The number of nitrogens with one attached hydrogen (secondary N) is 1. The first-order valence-electron chi connectivity index (χ1n) is 11.6. The summed E-state index contributed by atoms with van der Waals surface area (Å²) in [5, 5.41) is 5.22. The molecule has 8 nitrogen and oxygen atoms in total. The molecule has 1 aromatic carbocycles. The number of likely N-dealkylation sites (tertiary alicyclic amines) is 1. The van der Waals surface area contributed by atoms with Crippen LogP contribution in [0, 0.1) is 5.92 Å². The van der Waals surface area contributed by atoms with Crippen LogP contribution in [-0.2, 0) is 27.1 Å². The topological polar surface area (TPSA) is 93.5 Å². The van der Waals surface area contributed by atoms with Crippen molar-refractivity contribution >= 4 is 16.8 Å². The largest absolute Gasteiger partial charge is 0.381 e. The Labute approximate surface area is 187 Å². The van der Waals surface area contributed by atoms with Crippen LogP contribution in [0.2, 0.25) is 0 Å². The van der Waals surface area contributed by atoms with Crippen LogP contribution in [0.4, 0.5) is 0 Å². The SMILES string of the molecule is O=C(Cc1c[nH]c2ccccc12)N1CCCC1c1nc(CCOCC2CCOCC2)no1. The van der Waals surface area contributed by atoms with Crippen LogP contribution in [0.25, 0.3) is 10.9 Å². The molecule has 2 aliphatic heterocycles. The summed E-state index contributed by atoms with van der Waals surface area (Å²) in [6, 6.07) is 7.91. The van der Waals surface area contributed by atoms with Crippen molar-refractivity contribution in [3.05, 3.63) is 47.7 Å². The molecule has 8 heteroatoms. The van der Waals surface area contributed by atoms with Gasteiger partial charge in [0.2, 0.25) is 11.8 Å². The second-order valence-electron chi connectivity index (χ2n) is 8.71. The summed E-state index contributed by atoms with van der Waals surface area (Å²) in [6.07, 6.45) is 6.83. The maximum absolute atomic E-state index is 13.1. The Morgan fingerprint density at radius 3 is 3.00 bits per heavy atom. The molecule has 0 spiro atoms. The molecule has 0 radical (unpaired) electrons. The maximum Gasteiger partial charge on any atom is 0.249 e. The number of aromatic nitrogens is 3. The summed E-state index contributed by atoms with van der Waals surface area (Å²) in [5.74, 6) is 1.86. The molecule has 1 amide bonds. The van der Waals surface area contributed by atoms with Gasteiger partial charge in [-0.25, -0.2) is 0 Å². The summed E-state index contributed by atoms with van der Waals surface area (Å²) in [7, 11) is 0. The number of amides is 1. The molecule has 1 N–H and O–H groups in total. The highest BCUT2D eigenvalue weighted by atomic mass is 16.5. The van der Waals surface area contributed by atoms with E-state index in [4.69, 9.17) is 14.0 Å². The lowest BCUT2D eigenvalue weighted by Gasteiger charge is -2.21. The zero-order valence-corrected chi connectivity index (χ0v) is 18.3. The first-order valence-corrected chi connectivity index (χ1v) is 11.6. The zero-order chi connectivity index (χ0) is 21.8. The van der Waals surface area contributed by atoms with Crippen LogP contribution in [0.1, 0.15) is 49.0 Å². The van der Waals surface area contributed by atoms with E-state index in [1.807, 2.05) is 35.4 Å². The molecule has 2 fully saturated rings. The van der Waals surface area contributed by atoms with Crippen LogP contribution in [0.15, 0.2) is 35.0 Å². The van der Waals surface area contributed by atoms with Gasteiger partial charge in [-0.05, 0) is 43.2 Å². The molecule has 2 saturated heterocycles. The molecule has 4 heterocycles. The molecular formula is C24H30N4O4. The van der Waals surface area contributed by atoms with Gasteiger partial charge in [-0.15, -0.1) is 0 Å². The molecule has 1 atom stereocenters. The Morgan fingerprint density at radius 2 is 2.09 bits per heavy atom. The molecule has 5 rings (SSSR count). The number of aromatic amines is 1. The zero-order valence-electron chi connectivity index (χ0n) is 18.3. The van der Waals surface area contributed by atoms with Gasteiger partial charge in [-0.2, -0.15) is 4.98 Å². The van der Waals surface area contributed by atoms with Gasteiger partial charge in [-0.3, -0.25) is 4.79 Å². The average molecular weight is 439 g/mol. The molecule has 170 valence electrons. The number of nitrogens with zero attached hydrogens (tertiary/aromatic N) is 3. The molecule has 0 saturated carbocycles. The number of carbonyl (C=O) groups excluding carboxylic acids is 1. The van der Waals surface area contributed by atoms with Crippen molar-refractivity contribution < 1.29 is 18.8 Å². The van der Waals surface area contributed by atoms with Gasteiger partial charge in [0, 0.05) is 49.9 Å². The fourth-order valence-electron chi connectivity index (χ4n) is 4.70. The second-order valence-corrected chi connectivity index (χ2v) is 8.71. The van der Waals surface area contributed by atoms with Crippen molar-refractivity contribution in [2.75, 3.05) is 33.0 Å². The predicted molar refractivity (Wildman–Crippen MR) is 118 cm³/mol. The molecule has 0 bridgehead atoms. The summed E-state index contributed by atoms with van der Waals surface area (Å²) in [6.45, 7) is 3.72. The van der Waals surface area contributed by atoms with Gasteiger partial charge in [0.1, 0.15) is 6.04 Å². The van der Waals surface area contributed by atoms with Crippen molar-refractivity contribution in [1.29, 1.82) is 0 Å². The molecule has 2 aromatic heterocycles. The number of rotatable bonds is 8.